The van der Waals surface area contributed by atoms with Gasteiger partial charge in [-0.25, -0.2) is 8.42 Å². The molecule has 0 aliphatic rings. The van der Waals surface area contributed by atoms with Crippen LogP contribution in [0.15, 0.2) is 83.8 Å². The molecule has 0 bridgehead atoms. The van der Waals surface area contributed by atoms with Crippen molar-refractivity contribution in [2.24, 2.45) is 0 Å². The number of unbranched alkanes of at least 4 members (excludes halogenated alkanes) is 1. The molecule has 1 atom stereocenters. The van der Waals surface area contributed by atoms with Crippen LogP contribution in [0.5, 0.6) is 0 Å². The zero-order chi connectivity index (χ0) is 28.4. The lowest BCUT2D eigenvalue weighted by Crippen LogP contribution is -2.52. The summed E-state index contributed by atoms with van der Waals surface area (Å²) in [5.41, 5.74) is 3.18. The van der Waals surface area contributed by atoms with Crippen LogP contribution >= 0.6 is 0 Å². The molecular weight excluding hydrogens is 510 g/mol. The first kappa shape index (κ1) is 29.9. The van der Waals surface area contributed by atoms with Gasteiger partial charge >= 0.3 is 0 Å². The summed E-state index contributed by atoms with van der Waals surface area (Å²) >= 11 is 0. The fourth-order valence-electron chi connectivity index (χ4n) is 4.42. The van der Waals surface area contributed by atoms with Gasteiger partial charge in [-0.15, -0.1) is 0 Å². The molecule has 1 unspecified atom stereocenters. The summed E-state index contributed by atoms with van der Waals surface area (Å²) in [4.78, 5) is 28.5. The summed E-state index contributed by atoms with van der Waals surface area (Å²) in [6.45, 7) is 7.87. The Morgan fingerprint density at radius 2 is 1.56 bits per heavy atom. The first-order valence-electron chi connectivity index (χ1n) is 13.4. The van der Waals surface area contributed by atoms with Crippen molar-refractivity contribution in [2.75, 3.05) is 23.9 Å². The van der Waals surface area contributed by atoms with Crippen LogP contribution in [0, 0.1) is 13.8 Å². The highest BCUT2D eigenvalue weighted by Gasteiger charge is 2.32. The third-order valence-corrected chi connectivity index (χ3v) is 8.49. The molecule has 8 heteroatoms. The number of hydrogen-bond donors (Lipinski definition) is 1. The summed E-state index contributed by atoms with van der Waals surface area (Å²) in [6, 6.07) is 22.5. The first-order chi connectivity index (χ1) is 18.6. The van der Waals surface area contributed by atoms with E-state index in [1.165, 1.54) is 17.0 Å². The number of anilines is 1. The Bertz CT molecular complexity index is 1340. The molecule has 39 heavy (non-hydrogen) atoms. The Labute approximate surface area is 232 Å². The van der Waals surface area contributed by atoms with Gasteiger partial charge in [-0.1, -0.05) is 79.6 Å². The van der Waals surface area contributed by atoms with Crippen molar-refractivity contribution < 1.29 is 18.0 Å². The SMILES string of the molecule is CCCCNC(=O)C(C)N(CCc1ccccc1)C(=O)CN(c1ccc(C)cc1C)S(=O)(=O)c1ccccc1. The van der Waals surface area contributed by atoms with Gasteiger partial charge in [-0.2, -0.15) is 0 Å². The second-order valence-corrected chi connectivity index (χ2v) is 11.6. The average Bonchev–Trinajstić information content (AvgIpc) is 2.93. The van der Waals surface area contributed by atoms with E-state index in [-0.39, 0.29) is 17.3 Å². The van der Waals surface area contributed by atoms with Gasteiger partial charge in [0.1, 0.15) is 12.6 Å². The van der Waals surface area contributed by atoms with E-state index < -0.39 is 28.5 Å². The summed E-state index contributed by atoms with van der Waals surface area (Å²) in [5, 5.41) is 2.91. The molecule has 0 saturated carbocycles. The van der Waals surface area contributed by atoms with Crippen molar-refractivity contribution in [3.63, 3.8) is 0 Å². The normalized spacial score (nSPS) is 12.0. The molecule has 208 valence electrons. The third-order valence-electron chi connectivity index (χ3n) is 6.71. The fourth-order valence-corrected chi connectivity index (χ4v) is 5.92. The van der Waals surface area contributed by atoms with Crippen LogP contribution in [-0.4, -0.2) is 50.8 Å². The molecule has 2 amide bonds. The maximum absolute atomic E-state index is 13.9. The van der Waals surface area contributed by atoms with Crippen molar-refractivity contribution in [1.29, 1.82) is 0 Å². The number of nitrogens with one attached hydrogen (secondary N) is 1. The molecule has 0 saturated heterocycles. The predicted octanol–water partition coefficient (Wildman–Crippen LogP) is 4.87. The van der Waals surface area contributed by atoms with Crippen LogP contribution in [0.2, 0.25) is 0 Å². The van der Waals surface area contributed by atoms with Crippen LogP contribution < -0.4 is 9.62 Å². The van der Waals surface area contributed by atoms with Gasteiger partial charge in [-0.3, -0.25) is 13.9 Å². The standard InChI is InChI=1S/C31H39N3O4S/c1-5-6-20-32-31(36)26(4)33(21-19-27-13-9-7-10-14-27)30(35)23-34(29-18-17-24(2)22-25(29)3)39(37,38)28-15-11-8-12-16-28/h7-18,22,26H,5-6,19-21,23H2,1-4H3,(H,32,36). The van der Waals surface area contributed by atoms with Crippen LogP contribution in [0.25, 0.3) is 0 Å². The number of rotatable bonds is 13. The molecule has 7 nitrogen and oxygen atoms in total. The average molecular weight is 550 g/mol. The van der Waals surface area contributed by atoms with Gasteiger partial charge in [0.05, 0.1) is 10.6 Å². The van der Waals surface area contributed by atoms with E-state index >= 15 is 0 Å². The summed E-state index contributed by atoms with van der Waals surface area (Å²) < 4.78 is 28.9. The van der Waals surface area contributed by atoms with Crippen LogP contribution in [0.1, 0.15) is 43.4 Å². The Morgan fingerprint density at radius 1 is 0.923 bits per heavy atom. The number of amides is 2. The summed E-state index contributed by atoms with van der Waals surface area (Å²) in [7, 11) is -4.06. The highest BCUT2D eigenvalue weighted by molar-refractivity contribution is 7.92. The molecule has 0 aliphatic carbocycles. The smallest absolute Gasteiger partial charge is 0.264 e. The molecule has 0 radical (unpaired) electrons. The minimum absolute atomic E-state index is 0.0963. The number of aryl methyl sites for hydroxylation is 2. The van der Waals surface area contributed by atoms with E-state index in [2.05, 4.69) is 5.32 Å². The zero-order valence-electron chi connectivity index (χ0n) is 23.3. The molecule has 1 N–H and O–H groups in total. The molecule has 0 spiro atoms. The molecule has 3 rings (SSSR count). The Hall–Kier alpha value is -3.65. The number of carbonyl (C=O) groups is 2. The van der Waals surface area contributed by atoms with Gasteiger partial charge in [-0.05, 0) is 62.9 Å². The highest BCUT2D eigenvalue weighted by atomic mass is 32.2. The second kappa shape index (κ2) is 13.9. The summed E-state index contributed by atoms with van der Waals surface area (Å²) in [6.07, 6.45) is 2.31. The van der Waals surface area contributed by atoms with E-state index in [1.807, 2.05) is 63.2 Å². The molecule has 0 heterocycles. The van der Waals surface area contributed by atoms with Crippen molar-refractivity contribution in [3.8, 4) is 0 Å². The first-order valence-corrected chi connectivity index (χ1v) is 14.8. The Kier molecular flexibility index (Phi) is 10.7. The number of carbonyl (C=O) groups excluding carboxylic acids is 2. The fraction of sp³-hybridized carbons (Fsp3) is 0.355. The van der Waals surface area contributed by atoms with E-state index in [1.54, 1.807) is 31.2 Å². The quantitative estimate of drug-likeness (QED) is 0.308. The highest BCUT2D eigenvalue weighted by Crippen LogP contribution is 2.28. The number of nitrogens with zero attached hydrogens (tertiary/aromatic N) is 2. The molecular formula is C31H39N3O4S. The second-order valence-electron chi connectivity index (χ2n) is 9.76. The summed E-state index contributed by atoms with van der Waals surface area (Å²) in [5.74, 6) is -0.697. The lowest BCUT2D eigenvalue weighted by atomic mass is 10.1. The van der Waals surface area contributed by atoms with Crippen molar-refractivity contribution in [1.82, 2.24) is 10.2 Å². The number of hydrogen-bond acceptors (Lipinski definition) is 4. The lowest BCUT2D eigenvalue weighted by Gasteiger charge is -2.32. The molecule has 0 fully saturated rings. The van der Waals surface area contributed by atoms with E-state index in [9.17, 15) is 18.0 Å². The lowest BCUT2D eigenvalue weighted by molar-refractivity contribution is -0.138. The zero-order valence-corrected chi connectivity index (χ0v) is 24.1. The monoisotopic (exact) mass is 549 g/mol. The molecule has 3 aromatic rings. The van der Waals surface area contributed by atoms with Crippen LogP contribution in [0.3, 0.4) is 0 Å². The Balaban J connectivity index is 1.97. The molecule has 3 aromatic carbocycles. The predicted molar refractivity (Wildman–Crippen MR) is 156 cm³/mol. The van der Waals surface area contributed by atoms with E-state index in [0.717, 1.165) is 33.8 Å². The van der Waals surface area contributed by atoms with Gasteiger partial charge in [0, 0.05) is 13.1 Å². The van der Waals surface area contributed by atoms with Gasteiger partial charge in [0.25, 0.3) is 10.0 Å². The number of sulfonamides is 1. The minimum Gasteiger partial charge on any atom is -0.354 e. The van der Waals surface area contributed by atoms with Gasteiger partial charge < -0.3 is 10.2 Å². The maximum atomic E-state index is 13.9. The minimum atomic E-state index is -4.06. The van der Waals surface area contributed by atoms with E-state index in [0.29, 0.717) is 18.7 Å². The van der Waals surface area contributed by atoms with Crippen molar-refractivity contribution in [3.05, 3.63) is 95.6 Å². The van der Waals surface area contributed by atoms with Gasteiger partial charge in [0.2, 0.25) is 11.8 Å². The van der Waals surface area contributed by atoms with Crippen molar-refractivity contribution in [2.45, 2.75) is 57.9 Å². The van der Waals surface area contributed by atoms with Gasteiger partial charge in [0.15, 0.2) is 0 Å². The van der Waals surface area contributed by atoms with Crippen LogP contribution in [0.4, 0.5) is 5.69 Å². The maximum Gasteiger partial charge on any atom is 0.264 e. The number of benzene rings is 3. The van der Waals surface area contributed by atoms with E-state index in [4.69, 9.17) is 0 Å². The molecule has 0 aliphatic heterocycles. The van der Waals surface area contributed by atoms with Crippen LogP contribution in [-0.2, 0) is 26.0 Å². The van der Waals surface area contributed by atoms with Crippen molar-refractivity contribution >= 4 is 27.5 Å². The third kappa shape index (κ3) is 7.93. The largest absolute Gasteiger partial charge is 0.354 e. The Morgan fingerprint density at radius 3 is 2.18 bits per heavy atom. The molecule has 0 aromatic heterocycles. The topological polar surface area (TPSA) is 86.8 Å².